The molecule has 0 saturated carbocycles. The van der Waals surface area contributed by atoms with Gasteiger partial charge in [-0.15, -0.1) is 0 Å². The van der Waals surface area contributed by atoms with Gasteiger partial charge >= 0.3 is 6.09 Å². The van der Waals surface area contributed by atoms with Crippen LogP contribution in [0.5, 0.6) is 0 Å². The molecular formula is C16H19ClN2O3. The standard InChI is InChI=1S/C16H19ClN2O3/c1-16(2,3)22-15(21)18-7-8-19-12(9-18)10-5-4-6-11(17)13(10)14(19)20/h4-6,12H,7-9H2,1-3H3. The molecule has 1 fully saturated rings. The molecule has 2 heterocycles. The molecule has 1 unspecified atom stereocenters. The van der Waals surface area contributed by atoms with Crippen LogP contribution in [0.25, 0.3) is 0 Å². The molecule has 1 atom stereocenters. The van der Waals surface area contributed by atoms with Crippen LogP contribution < -0.4 is 0 Å². The molecule has 5 nitrogen and oxygen atoms in total. The molecule has 0 aliphatic carbocycles. The molecule has 2 aliphatic heterocycles. The second-order valence-electron chi connectivity index (χ2n) is 6.64. The summed E-state index contributed by atoms with van der Waals surface area (Å²) in [6.07, 6.45) is -0.338. The minimum Gasteiger partial charge on any atom is -0.444 e. The Hall–Kier alpha value is -1.75. The number of carbonyl (C=O) groups is 2. The van der Waals surface area contributed by atoms with Gasteiger partial charge in [0.25, 0.3) is 5.91 Å². The maximum atomic E-state index is 12.5. The SMILES string of the molecule is CC(C)(C)OC(=O)N1CCN2C(=O)c3c(Cl)cccc3C2C1. The highest BCUT2D eigenvalue weighted by atomic mass is 35.5. The number of fused-ring (bicyclic) bond motifs is 3. The van der Waals surface area contributed by atoms with Gasteiger partial charge in [-0.1, -0.05) is 23.7 Å². The Bertz CT molecular complexity index is 639. The van der Waals surface area contributed by atoms with Crippen molar-refractivity contribution >= 4 is 23.6 Å². The monoisotopic (exact) mass is 322 g/mol. The Morgan fingerprint density at radius 2 is 2.05 bits per heavy atom. The lowest BCUT2D eigenvalue weighted by atomic mass is 10.0. The topological polar surface area (TPSA) is 49.9 Å². The van der Waals surface area contributed by atoms with E-state index in [1.165, 1.54) is 0 Å². The quantitative estimate of drug-likeness (QED) is 0.737. The van der Waals surface area contributed by atoms with Crippen molar-refractivity contribution in [2.24, 2.45) is 0 Å². The number of hydrogen-bond acceptors (Lipinski definition) is 3. The van der Waals surface area contributed by atoms with Crippen LogP contribution in [-0.4, -0.2) is 47.0 Å². The van der Waals surface area contributed by atoms with Crippen LogP contribution in [0.15, 0.2) is 18.2 Å². The molecule has 2 aliphatic rings. The highest BCUT2D eigenvalue weighted by Gasteiger charge is 2.42. The number of hydrogen-bond donors (Lipinski definition) is 0. The number of carbonyl (C=O) groups excluding carboxylic acids is 2. The van der Waals surface area contributed by atoms with Crippen molar-refractivity contribution in [1.82, 2.24) is 9.80 Å². The molecule has 0 radical (unpaired) electrons. The van der Waals surface area contributed by atoms with Gasteiger partial charge in [-0.25, -0.2) is 4.79 Å². The third-order valence-corrected chi connectivity index (χ3v) is 4.23. The van der Waals surface area contributed by atoms with Crippen LogP contribution in [0, 0.1) is 0 Å². The van der Waals surface area contributed by atoms with Crippen LogP contribution in [0.1, 0.15) is 42.7 Å². The van der Waals surface area contributed by atoms with Crippen LogP contribution in [0.3, 0.4) is 0 Å². The first-order chi connectivity index (χ1) is 10.3. The Balaban J connectivity index is 1.83. The molecule has 0 bridgehead atoms. The van der Waals surface area contributed by atoms with Crippen LogP contribution in [0.4, 0.5) is 4.79 Å². The van der Waals surface area contributed by atoms with E-state index in [0.29, 0.717) is 30.2 Å². The van der Waals surface area contributed by atoms with Crippen LogP contribution in [-0.2, 0) is 4.74 Å². The normalized spacial score (nSPS) is 20.7. The maximum absolute atomic E-state index is 12.5. The zero-order chi connectivity index (χ0) is 16.1. The minimum absolute atomic E-state index is 0.0468. The van der Waals surface area contributed by atoms with Gasteiger partial charge in [0.05, 0.1) is 16.6 Å². The first kappa shape index (κ1) is 15.2. The van der Waals surface area contributed by atoms with E-state index in [1.807, 2.05) is 32.9 Å². The van der Waals surface area contributed by atoms with Crippen LogP contribution >= 0.6 is 11.6 Å². The van der Waals surface area contributed by atoms with Gasteiger partial charge in [-0.05, 0) is 32.4 Å². The van der Waals surface area contributed by atoms with E-state index < -0.39 is 5.60 Å². The number of benzene rings is 1. The largest absolute Gasteiger partial charge is 0.444 e. The molecule has 22 heavy (non-hydrogen) atoms. The molecule has 2 amide bonds. The fourth-order valence-corrected chi connectivity index (χ4v) is 3.23. The lowest BCUT2D eigenvalue weighted by Gasteiger charge is -2.38. The third kappa shape index (κ3) is 2.54. The highest BCUT2D eigenvalue weighted by molar-refractivity contribution is 6.34. The van der Waals surface area contributed by atoms with Crippen molar-refractivity contribution in [3.05, 3.63) is 34.3 Å². The summed E-state index contributed by atoms with van der Waals surface area (Å²) in [6, 6.07) is 5.33. The van der Waals surface area contributed by atoms with Gasteiger partial charge in [0.2, 0.25) is 0 Å². The Morgan fingerprint density at radius 3 is 2.73 bits per heavy atom. The minimum atomic E-state index is -0.527. The van der Waals surface area contributed by atoms with E-state index in [2.05, 4.69) is 0 Å². The smallest absolute Gasteiger partial charge is 0.410 e. The highest BCUT2D eigenvalue weighted by Crippen LogP contribution is 2.39. The predicted octanol–water partition coefficient (Wildman–Crippen LogP) is 3.09. The summed E-state index contributed by atoms with van der Waals surface area (Å²) in [5.41, 5.74) is 0.937. The average molecular weight is 323 g/mol. The van der Waals surface area contributed by atoms with E-state index in [-0.39, 0.29) is 18.0 Å². The molecular weight excluding hydrogens is 304 g/mol. The Labute approximate surface area is 134 Å². The number of amides is 2. The van der Waals surface area contributed by atoms with Crippen molar-refractivity contribution in [3.63, 3.8) is 0 Å². The van der Waals surface area contributed by atoms with Gasteiger partial charge in [-0.3, -0.25) is 4.79 Å². The molecule has 0 aromatic heterocycles. The summed E-state index contributed by atoms with van der Waals surface area (Å²) in [6.45, 7) is 6.93. The van der Waals surface area contributed by atoms with Crippen molar-refractivity contribution in [3.8, 4) is 0 Å². The van der Waals surface area contributed by atoms with E-state index >= 15 is 0 Å². The maximum Gasteiger partial charge on any atom is 0.410 e. The average Bonchev–Trinajstić information content (AvgIpc) is 2.71. The zero-order valence-corrected chi connectivity index (χ0v) is 13.7. The molecule has 118 valence electrons. The Morgan fingerprint density at radius 1 is 1.32 bits per heavy atom. The van der Waals surface area contributed by atoms with Crippen molar-refractivity contribution in [1.29, 1.82) is 0 Å². The number of halogens is 1. The number of nitrogens with zero attached hydrogens (tertiary/aromatic N) is 2. The fraction of sp³-hybridized carbons (Fsp3) is 0.500. The second kappa shape index (κ2) is 5.16. The first-order valence-corrected chi connectivity index (χ1v) is 7.73. The third-order valence-electron chi connectivity index (χ3n) is 3.91. The lowest BCUT2D eigenvalue weighted by molar-refractivity contribution is 0.00657. The van der Waals surface area contributed by atoms with Crippen molar-refractivity contribution < 1.29 is 14.3 Å². The molecule has 0 N–H and O–H groups in total. The van der Waals surface area contributed by atoms with Crippen molar-refractivity contribution in [2.45, 2.75) is 32.4 Å². The second-order valence-corrected chi connectivity index (χ2v) is 7.05. The molecule has 6 heteroatoms. The van der Waals surface area contributed by atoms with Gasteiger partial charge in [0, 0.05) is 19.6 Å². The molecule has 1 aromatic carbocycles. The van der Waals surface area contributed by atoms with Gasteiger partial charge < -0.3 is 14.5 Å². The Kier molecular flexibility index (Phi) is 3.56. The van der Waals surface area contributed by atoms with E-state index in [0.717, 1.165) is 5.56 Å². The lowest BCUT2D eigenvalue weighted by Crippen LogP contribution is -2.50. The summed E-state index contributed by atoms with van der Waals surface area (Å²) in [7, 11) is 0. The van der Waals surface area contributed by atoms with E-state index in [4.69, 9.17) is 16.3 Å². The van der Waals surface area contributed by atoms with Gasteiger partial charge in [0.15, 0.2) is 0 Å². The summed E-state index contributed by atoms with van der Waals surface area (Å²) < 4.78 is 5.42. The van der Waals surface area contributed by atoms with E-state index in [1.54, 1.807) is 15.9 Å². The molecule has 1 saturated heterocycles. The van der Waals surface area contributed by atoms with Crippen LogP contribution in [0.2, 0.25) is 5.02 Å². The van der Waals surface area contributed by atoms with Gasteiger partial charge in [-0.2, -0.15) is 0 Å². The number of piperazine rings is 1. The zero-order valence-electron chi connectivity index (χ0n) is 12.9. The molecule has 3 rings (SSSR count). The molecule has 1 aromatic rings. The predicted molar refractivity (Wildman–Crippen MR) is 83.0 cm³/mol. The van der Waals surface area contributed by atoms with Gasteiger partial charge in [0.1, 0.15) is 5.60 Å². The summed E-state index contributed by atoms with van der Waals surface area (Å²) in [5.74, 6) is -0.0468. The molecule has 0 spiro atoms. The summed E-state index contributed by atoms with van der Waals surface area (Å²) in [5, 5.41) is 0.473. The number of ether oxygens (including phenoxy) is 1. The summed E-state index contributed by atoms with van der Waals surface area (Å²) >= 11 is 6.16. The van der Waals surface area contributed by atoms with E-state index in [9.17, 15) is 9.59 Å². The summed E-state index contributed by atoms with van der Waals surface area (Å²) in [4.78, 5) is 28.2. The fourth-order valence-electron chi connectivity index (χ4n) is 2.97. The number of rotatable bonds is 0. The van der Waals surface area contributed by atoms with Crippen molar-refractivity contribution in [2.75, 3.05) is 19.6 Å². The first-order valence-electron chi connectivity index (χ1n) is 7.35.